The van der Waals surface area contributed by atoms with Gasteiger partial charge in [0.25, 0.3) is 0 Å². The quantitative estimate of drug-likeness (QED) is 0.898. The Morgan fingerprint density at radius 1 is 1.19 bits per heavy atom. The van der Waals surface area contributed by atoms with Crippen LogP contribution >= 0.6 is 0 Å². The van der Waals surface area contributed by atoms with Crippen LogP contribution in [-0.4, -0.2) is 37.1 Å². The SMILES string of the molecule is O=C(NCCc1cccc2c1NCCC2)N1CCCCC1. The molecule has 2 heterocycles. The van der Waals surface area contributed by atoms with Gasteiger partial charge in [0.2, 0.25) is 0 Å². The number of fused-ring (bicyclic) bond motifs is 1. The number of likely N-dealkylation sites (tertiary alicyclic amines) is 1. The zero-order chi connectivity index (χ0) is 14.5. The van der Waals surface area contributed by atoms with E-state index in [4.69, 9.17) is 0 Å². The van der Waals surface area contributed by atoms with E-state index in [1.54, 1.807) is 0 Å². The molecule has 114 valence electrons. The highest BCUT2D eigenvalue weighted by Crippen LogP contribution is 2.26. The van der Waals surface area contributed by atoms with Crippen LogP contribution in [-0.2, 0) is 12.8 Å². The lowest BCUT2D eigenvalue weighted by molar-refractivity contribution is 0.186. The molecule has 0 spiro atoms. The molecule has 2 amide bonds. The average molecular weight is 287 g/mol. The summed E-state index contributed by atoms with van der Waals surface area (Å²) in [5.74, 6) is 0. The molecule has 0 unspecified atom stereocenters. The number of hydrogen-bond acceptors (Lipinski definition) is 2. The monoisotopic (exact) mass is 287 g/mol. The molecule has 1 aromatic carbocycles. The topological polar surface area (TPSA) is 44.4 Å². The first kappa shape index (κ1) is 14.2. The molecular weight excluding hydrogens is 262 g/mol. The Morgan fingerprint density at radius 3 is 2.90 bits per heavy atom. The highest BCUT2D eigenvalue weighted by Gasteiger charge is 2.16. The molecule has 0 bridgehead atoms. The van der Waals surface area contributed by atoms with Crippen LogP contribution in [0.4, 0.5) is 10.5 Å². The summed E-state index contributed by atoms with van der Waals surface area (Å²) in [6, 6.07) is 6.61. The van der Waals surface area contributed by atoms with Gasteiger partial charge in [-0.05, 0) is 49.7 Å². The number of aryl methyl sites for hydroxylation is 1. The minimum Gasteiger partial charge on any atom is -0.385 e. The number of amides is 2. The lowest BCUT2D eigenvalue weighted by Crippen LogP contribution is -2.43. The van der Waals surface area contributed by atoms with Crippen molar-refractivity contribution in [2.45, 2.75) is 38.5 Å². The van der Waals surface area contributed by atoms with E-state index in [1.807, 2.05) is 4.90 Å². The summed E-state index contributed by atoms with van der Waals surface area (Å²) in [6.07, 6.45) is 6.81. The van der Waals surface area contributed by atoms with Crippen molar-refractivity contribution in [1.82, 2.24) is 10.2 Å². The van der Waals surface area contributed by atoms with Gasteiger partial charge >= 0.3 is 6.03 Å². The number of piperidine rings is 1. The minimum atomic E-state index is 0.104. The minimum absolute atomic E-state index is 0.104. The summed E-state index contributed by atoms with van der Waals surface area (Å²) in [7, 11) is 0. The largest absolute Gasteiger partial charge is 0.385 e. The van der Waals surface area contributed by atoms with E-state index in [0.717, 1.165) is 45.3 Å². The molecule has 0 radical (unpaired) electrons. The van der Waals surface area contributed by atoms with Crippen molar-refractivity contribution < 1.29 is 4.79 Å². The summed E-state index contributed by atoms with van der Waals surface area (Å²) < 4.78 is 0. The number of para-hydroxylation sites is 1. The van der Waals surface area contributed by atoms with Crippen molar-refractivity contribution in [3.8, 4) is 0 Å². The first-order chi connectivity index (χ1) is 10.3. The zero-order valence-electron chi connectivity index (χ0n) is 12.7. The molecule has 2 N–H and O–H groups in total. The highest BCUT2D eigenvalue weighted by molar-refractivity contribution is 5.74. The maximum atomic E-state index is 12.1. The third-order valence-corrected chi connectivity index (χ3v) is 4.48. The van der Waals surface area contributed by atoms with Gasteiger partial charge in [-0.25, -0.2) is 4.79 Å². The number of benzene rings is 1. The van der Waals surface area contributed by atoms with E-state index in [1.165, 1.54) is 29.7 Å². The lowest BCUT2D eigenvalue weighted by atomic mass is 9.98. The van der Waals surface area contributed by atoms with Crippen LogP contribution in [0.15, 0.2) is 18.2 Å². The van der Waals surface area contributed by atoms with Crippen molar-refractivity contribution in [3.05, 3.63) is 29.3 Å². The summed E-state index contributed by atoms with van der Waals surface area (Å²) >= 11 is 0. The Hall–Kier alpha value is -1.71. The normalized spacial score (nSPS) is 17.8. The van der Waals surface area contributed by atoms with Crippen molar-refractivity contribution in [3.63, 3.8) is 0 Å². The zero-order valence-corrected chi connectivity index (χ0v) is 12.7. The van der Waals surface area contributed by atoms with Gasteiger partial charge in [0.05, 0.1) is 0 Å². The van der Waals surface area contributed by atoms with Gasteiger partial charge in [0, 0.05) is 31.9 Å². The second kappa shape index (κ2) is 6.83. The van der Waals surface area contributed by atoms with E-state index in [2.05, 4.69) is 28.8 Å². The van der Waals surface area contributed by atoms with Gasteiger partial charge < -0.3 is 15.5 Å². The molecule has 1 saturated heterocycles. The number of nitrogens with one attached hydrogen (secondary N) is 2. The Balaban J connectivity index is 1.52. The Bertz CT molecular complexity index is 495. The summed E-state index contributed by atoms with van der Waals surface area (Å²) in [6.45, 7) is 3.60. The van der Waals surface area contributed by atoms with Gasteiger partial charge in [0.15, 0.2) is 0 Å². The Labute approximate surface area is 126 Å². The fraction of sp³-hybridized carbons (Fsp3) is 0.588. The fourth-order valence-corrected chi connectivity index (χ4v) is 3.30. The molecule has 2 aliphatic heterocycles. The van der Waals surface area contributed by atoms with Crippen LogP contribution in [0.1, 0.15) is 36.8 Å². The molecule has 4 heteroatoms. The average Bonchev–Trinajstić information content (AvgIpc) is 2.56. The van der Waals surface area contributed by atoms with Crippen LogP contribution in [0, 0.1) is 0 Å². The molecule has 0 aromatic heterocycles. The molecule has 4 nitrogen and oxygen atoms in total. The third kappa shape index (κ3) is 3.49. The van der Waals surface area contributed by atoms with Crippen molar-refractivity contribution in [2.24, 2.45) is 0 Å². The molecule has 0 aliphatic carbocycles. The molecule has 0 saturated carbocycles. The molecule has 0 atom stereocenters. The molecule has 3 rings (SSSR count). The number of hydrogen-bond donors (Lipinski definition) is 2. The number of nitrogens with zero attached hydrogens (tertiary/aromatic N) is 1. The fourth-order valence-electron chi connectivity index (χ4n) is 3.30. The maximum Gasteiger partial charge on any atom is 0.317 e. The molecular formula is C17H25N3O. The number of carbonyl (C=O) groups excluding carboxylic acids is 1. The van der Waals surface area contributed by atoms with E-state index < -0.39 is 0 Å². The predicted octanol–water partition coefficient (Wildman–Crippen LogP) is 2.78. The third-order valence-electron chi connectivity index (χ3n) is 4.48. The van der Waals surface area contributed by atoms with E-state index in [-0.39, 0.29) is 6.03 Å². The van der Waals surface area contributed by atoms with Crippen molar-refractivity contribution in [1.29, 1.82) is 0 Å². The number of carbonyl (C=O) groups is 1. The van der Waals surface area contributed by atoms with E-state index in [0.29, 0.717) is 6.54 Å². The van der Waals surface area contributed by atoms with Crippen LogP contribution in [0.2, 0.25) is 0 Å². The highest BCUT2D eigenvalue weighted by atomic mass is 16.2. The molecule has 2 aliphatic rings. The number of urea groups is 1. The van der Waals surface area contributed by atoms with Gasteiger partial charge in [-0.15, -0.1) is 0 Å². The van der Waals surface area contributed by atoms with Gasteiger partial charge in [-0.3, -0.25) is 0 Å². The van der Waals surface area contributed by atoms with Crippen molar-refractivity contribution in [2.75, 3.05) is 31.5 Å². The van der Waals surface area contributed by atoms with E-state index in [9.17, 15) is 4.79 Å². The van der Waals surface area contributed by atoms with Gasteiger partial charge in [0.1, 0.15) is 0 Å². The van der Waals surface area contributed by atoms with Gasteiger partial charge in [-0.1, -0.05) is 18.2 Å². The summed E-state index contributed by atoms with van der Waals surface area (Å²) in [5.41, 5.74) is 4.04. The van der Waals surface area contributed by atoms with Crippen molar-refractivity contribution >= 4 is 11.7 Å². The van der Waals surface area contributed by atoms with Crippen LogP contribution < -0.4 is 10.6 Å². The molecule has 1 fully saturated rings. The summed E-state index contributed by atoms with van der Waals surface area (Å²) in [4.78, 5) is 14.0. The second-order valence-corrected chi connectivity index (χ2v) is 6.01. The Morgan fingerprint density at radius 2 is 2.05 bits per heavy atom. The first-order valence-electron chi connectivity index (χ1n) is 8.22. The summed E-state index contributed by atoms with van der Waals surface area (Å²) in [5, 5.41) is 6.58. The smallest absolute Gasteiger partial charge is 0.317 e. The lowest BCUT2D eigenvalue weighted by Gasteiger charge is -2.27. The van der Waals surface area contributed by atoms with E-state index >= 15 is 0 Å². The number of anilines is 1. The Kier molecular flexibility index (Phi) is 4.63. The van der Waals surface area contributed by atoms with Gasteiger partial charge in [-0.2, -0.15) is 0 Å². The van der Waals surface area contributed by atoms with Crippen LogP contribution in [0.5, 0.6) is 0 Å². The first-order valence-corrected chi connectivity index (χ1v) is 8.22. The second-order valence-electron chi connectivity index (χ2n) is 6.01. The maximum absolute atomic E-state index is 12.1. The molecule has 1 aromatic rings. The van der Waals surface area contributed by atoms with Crippen LogP contribution in [0.3, 0.4) is 0 Å². The van der Waals surface area contributed by atoms with Crippen LogP contribution in [0.25, 0.3) is 0 Å². The number of rotatable bonds is 3. The molecule has 21 heavy (non-hydrogen) atoms. The predicted molar refractivity (Wildman–Crippen MR) is 85.8 cm³/mol. The standard InChI is InChI=1S/C17H25N3O/c21-17(20-12-2-1-3-13-20)19-11-9-15-7-4-6-14-8-5-10-18-16(14)15/h4,6-7,18H,1-3,5,8-13H2,(H,19,21).